The standard InChI is InChI=1S/C23H26N2O6S/c26-23(25-11-12-29-20-8-4-3-7-19(20)25)17-5-1-2-6-18(17)24-32(27,28)16-9-10-21-22(15-16)31-14-13-30-21/h1-2,5-6,9-10,15,19-20,24H,3-4,7-8,11-14H2. The molecule has 8 nitrogen and oxygen atoms in total. The van der Waals surface area contributed by atoms with Crippen molar-refractivity contribution < 1.29 is 27.4 Å². The largest absolute Gasteiger partial charge is 0.486 e. The van der Waals surface area contributed by atoms with Crippen molar-refractivity contribution in [2.75, 3.05) is 31.1 Å². The second kappa shape index (κ2) is 8.63. The highest BCUT2D eigenvalue weighted by molar-refractivity contribution is 7.92. The van der Waals surface area contributed by atoms with E-state index in [0.29, 0.717) is 43.4 Å². The number of hydrogen-bond acceptors (Lipinski definition) is 6. The van der Waals surface area contributed by atoms with Crippen LogP contribution in [0.5, 0.6) is 11.5 Å². The molecular formula is C23H26N2O6S. The number of benzene rings is 2. The summed E-state index contributed by atoms with van der Waals surface area (Å²) in [7, 11) is -3.94. The van der Waals surface area contributed by atoms with Crippen molar-refractivity contribution in [3.05, 3.63) is 48.0 Å². The first-order chi connectivity index (χ1) is 15.5. The van der Waals surface area contributed by atoms with Crippen LogP contribution in [-0.2, 0) is 14.8 Å². The Kier molecular flexibility index (Phi) is 5.69. The summed E-state index contributed by atoms with van der Waals surface area (Å²) in [6, 6.07) is 11.3. The molecule has 2 unspecified atom stereocenters. The van der Waals surface area contributed by atoms with Crippen molar-refractivity contribution in [2.45, 2.75) is 42.7 Å². The SMILES string of the molecule is O=C(c1ccccc1NS(=O)(=O)c1ccc2c(c1)OCCO2)N1CCOC2CCCCC21. The van der Waals surface area contributed by atoms with Crippen LogP contribution in [0.3, 0.4) is 0 Å². The number of ether oxygens (including phenoxy) is 3. The van der Waals surface area contributed by atoms with Gasteiger partial charge in [-0.25, -0.2) is 8.42 Å². The van der Waals surface area contributed by atoms with Crippen molar-refractivity contribution in [3.8, 4) is 11.5 Å². The lowest BCUT2D eigenvalue weighted by atomic mass is 9.89. The van der Waals surface area contributed by atoms with Crippen LogP contribution >= 0.6 is 0 Å². The molecule has 0 radical (unpaired) electrons. The van der Waals surface area contributed by atoms with Crippen molar-refractivity contribution in [3.63, 3.8) is 0 Å². The van der Waals surface area contributed by atoms with Gasteiger partial charge in [0, 0.05) is 12.6 Å². The first kappa shape index (κ1) is 21.1. The van der Waals surface area contributed by atoms with Gasteiger partial charge in [0.1, 0.15) is 13.2 Å². The second-order valence-electron chi connectivity index (χ2n) is 8.22. The fourth-order valence-corrected chi connectivity index (χ4v) is 5.75. The number of carbonyl (C=O) groups is 1. The quantitative estimate of drug-likeness (QED) is 0.757. The third-order valence-electron chi connectivity index (χ3n) is 6.22. The Balaban J connectivity index is 1.41. The number of hydrogen-bond donors (Lipinski definition) is 1. The topological polar surface area (TPSA) is 94.2 Å². The molecule has 0 bridgehead atoms. The van der Waals surface area contributed by atoms with Crippen molar-refractivity contribution in [2.24, 2.45) is 0 Å². The molecule has 9 heteroatoms. The Labute approximate surface area is 187 Å². The zero-order chi connectivity index (χ0) is 22.1. The molecule has 0 aromatic heterocycles. The smallest absolute Gasteiger partial charge is 0.262 e. The number of para-hydroxylation sites is 1. The van der Waals surface area contributed by atoms with Gasteiger partial charge in [0.25, 0.3) is 15.9 Å². The number of amides is 1. The summed E-state index contributed by atoms with van der Waals surface area (Å²) < 4.78 is 45.7. The summed E-state index contributed by atoms with van der Waals surface area (Å²) in [5.41, 5.74) is 0.589. The fourth-order valence-electron chi connectivity index (χ4n) is 4.66. The van der Waals surface area contributed by atoms with Crippen molar-refractivity contribution in [1.82, 2.24) is 4.90 Å². The van der Waals surface area contributed by atoms with Crippen LogP contribution in [-0.4, -0.2) is 57.7 Å². The highest BCUT2D eigenvalue weighted by atomic mass is 32.2. The van der Waals surface area contributed by atoms with Gasteiger partial charge in [-0.05, 0) is 37.1 Å². The van der Waals surface area contributed by atoms with Crippen LogP contribution in [0.1, 0.15) is 36.0 Å². The molecule has 2 heterocycles. The minimum Gasteiger partial charge on any atom is -0.486 e. The first-order valence-corrected chi connectivity index (χ1v) is 12.5. The van der Waals surface area contributed by atoms with Gasteiger partial charge < -0.3 is 19.1 Å². The highest BCUT2D eigenvalue weighted by Gasteiger charge is 2.37. The summed E-state index contributed by atoms with van der Waals surface area (Å²) in [5, 5.41) is 0. The van der Waals surface area contributed by atoms with Crippen LogP contribution in [0.2, 0.25) is 0 Å². The average Bonchev–Trinajstić information content (AvgIpc) is 2.83. The molecule has 32 heavy (non-hydrogen) atoms. The molecule has 2 aromatic carbocycles. The Hall–Kier alpha value is -2.78. The predicted molar refractivity (Wildman–Crippen MR) is 118 cm³/mol. The van der Waals surface area contributed by atoms with Crippen LogP contribution < -0.4 is 14.2 Å². The van der Waals surface area contributed by atoms with Crippen LogP contribution in [0, 0.1) is 0 Å². The number of rotatable bonds is 4. The van der Waals surface area contributed by atoms with E-state index >= 15 is 0 Å². The molecular weight excluding hydrogens is 432 g/mol. The van der Waals surface area contributed by atoms with E-state index in [1.54, 1.807) is 30.3 Å². The maximum Gasteiger partial charge on any atom is 0.262 e. The summed E-state index contributed by atoms with van der Waals surface area (Å²) in [6.45, 7) is 1.79. The lowest BCUT2D eigenvalue weighted by molar-refractivity contribution is -0.0752. The minimum atomic E-state index is -3.94. The van der Waals surface area contributed by atoms with Gasteiger partial charge in [-0.15, -0.1) is 0 Å². The molecule has 1 aliphatic carbocycles. The van der Waals surface area contributed by atoms with E-state index in [-0.39, 0.29) is 28.6 Å². The molecule has 3 aliphatic rings. The Morgan fingerprint density at radius 2 is 1.75 bits per heavy atom. The molecule has 1 amide bonds. The first-order valence-electron chi connectivity index (χ1n) is 11.0. The lowest BCUT2D eigenvalue weighted by Gasteiger charge is -2.44. The normalized spacial score (nSPS) is 22.7. The van der Waals surface area contributed by atoms with Crippen LogP contribution in [0.4, 0.5) is 5.69 Å². The molecule has 5 rings (SSSR count). The molecule has 2 aliphatic heterocycles. The molecule has 170 valence electrons. The summed E-state index contributed by atoms with van der Waals surface area (Å²) in [6.07, 6.45) is 4.08. The number of nitrogens with one attached hydrogen (secondary N) is 1. The third-order valence-corrected chi connectivity index (χ3v) is 7.58. The second-order valence-corrected chi connectivity index (χ2v) is 9.90. The van der Waals surface area contributed by atoms with Crippen LogP contribution in [0.25, 0.3) is 0 Å². The van der Waals surface area contributed by atoms with Crippen molar-refractivity contribution >= 4 is 21.6 Å². The highest BCUT2D eigenvalue weighted by Crippen LogP contribution is 2.34. The van der Waals surface area contributed by atoms with Crippen molar-refractivity contribution in [1.29, 1.82) is 0 Å². The van der Waals surface area contributed by atoms with Gasteiger partial charge in [0.15, 0.2) is 11.5 Å². The number of carbonyl (C=O) groups excluding carboxylic acids is 1. The average molecular weight is 459 g/mol. The van der Waals surface area contributed by atoms with E-state index in [1.165, 1.54) is 12.1 Å². The molecule has 2 atom stereocenters. The zero-order valence-corrected chi connectivity index (χ0v) is 18.5. The molecule has 2 fully saturated rings. The van der Waals surface area contributed by atoms with E-state index < -0.39 is 10.0 Å². The fraction of sp³-hybridized carbons (Fsp3) is 0.435. The van der Waals surface area contributed by atoms with Crippen LogP contribution in [0.15, 0.2) is 47.4 Å². The number of anilines is 1. The van der Waals surface area contributed by atoms with E-state index in [9.17, 15) is 13.2 Å². The maximum atomic E-state index is 13.5. The van der Waals surface area contributed by atoms with E-state index in [0.717, 1.165) is 25.7 Å². The zero-order valence-electron chi connectivity index (χ0n) is 17.7. The Morgan fingerprint density at radius 1 is 0.969 bits per heavy atom. The van der Waals surface area contributed by atoms with E-state index in [1.807, 2.05) is 4.90 Å². The summed E-state index contributed by atoms with van der Waals surface area (Å²) >= 11 is 0. The molecule has 1 N–H and O–H groups in total. The number of fused-ring (bicyclic) bond motifs is 2. The number of sulfonamides is 1. The minimum absolute atomic E-state index is 0.0347. The maximum absolute atomic E-state index is 13.5. The number of morpholine rings is 1. The monoisotopic (exact) mass is 458 g/mol. The Bertz CT molecular complexity index is 1120. The lowest BCUT2D eigenvalue weighted by Crippen LogP contribution is -2.54. The summed E-state index contributed by atoms with van der Waals surface area (Å²) in [5.74, 6) is 0.728. The molecule has 1 saturated heterocycles. The predicted octanol–water partition coefficient (Wildman–Crippen LogP) is 3.04. The molecule has 0 spiro atoms. The van der Waals surface area contributed by atoms with E-state index in [4.69, 9.17) is 14.2 Å². The van der Waals surface area contributed by atoms with Gasteiger partial charge in [0.05, 0.1) is 34.9 Å². The van der Waals surface area contributed by atoms with Gasteiger partial charge in [-0.2, -0.15) is 0 Å². The molecule has 2 aromatic rings. The van der Waals surface area contributed by atoms with Gasteiger partial charge in [0.2, 0.25) is 0 Å². The van der Waals surface area contributed by atoms with Gasteiger partial charge in [-0.3, -0.25) is 9.52 Å². The van der Waals surface area contributed by atoms with E-state index in [2.05, 4.69) is 4.72 Å². The summed E-state index contributed by atoms with van der Waals surface area (Å²) in [4.78, 5) is 15.4. The molecule has 1 saturated carbocycles. The third kappa shape index (κ3) is 4.02. The van der Waals surface area contributed by atoms with Gasteiger partial charge in [-0.1, -0.05) is 25.0 Å². The number of nitrogens with zero attached hydrogens (tertiary/aromatic N) is 1. The Morgan fingerprint density at radius 3 is 2.62 bits per heavy atom. The van der Waals surface area contributed by atoms with Gasteiger partial charge >= 0.3 is 0 Å².